The monoisotopic (exact) mass is 327 g/mol. The van der Waals surface area contributed by atoms with Crippen molar-refractivity contribution in [2.45, 2.75) is 26.3 Å². The number of carbonyl (C=O) groups is 1. The first kappa shape index (κ1) is 15.9. The average molecular weight is 327 g/mol. The van der Waals surface area contributed by atoms with Crippen LogP contribution in [0.1, 0.15) is 18.2 Å². The summed E-state index contributed by atoms with van der Waals surface area (Å²) < 4.78 is 5.40. The quantitative estimate of drug-likeness (QED) is 0.636. The molecule has 1 amide bonds. The maximum atomic E-state index is 12.6. The molecule has 1 aromatic heterocycles. The predicted molar refractivity (Wildman–Crippen MR) is 88.2 cm³/mol. The van der Waals surface area contributed by atoms with Gasteiger partial charge < -0.3 is 19.8 Å². The Hall–Kier alpha value is -2.96. The number of carbonyl (C=O) groups excluding carboxylic acids is 1. The lowest BCUT2D eigenvalue weighted by Crippen LogP contribution is -2.39. The van der Waals surface area contributed by atoms with Gasteiger partial charge in [0.1, 0.15) is 5.69 Å². The number of rotatable bonds is 4. The summed E-state index contributed by atoms with van der Waals surface area (Å²) in [6.45, 7) is 3.35. The number of para-hydroxylation sites is 1. The second-order valence-electron chi connectivity index (χ2n) is 5.77. The Kier molecular flexibility index (Phi) is 4.16. The molecule has 0 aliphatic carbocycles. The summed E-state index contributed by atoms with van der Waals surface area (Å²) in [6, 6.07) is 10.8. The number of nitro groups is 1. The standard InChI is InChI=1S/C17H17N3O4/c1-11-7-8-15(17(18-11)20(22)23)24-10-16(21)19-12(2)9-13-5-3-4-6-14(13)19/h3-8,12H,9-10H2,1-2H3/t12-/m0/s1. The first-order valence-corrected chi connectivity index (χ1v) is 7.62. The summed E-state index contributed by atoms with van der Waals surface area (Å²) in [5.41, 5.74) is 2.50. The van der Waals surface area contributed by atoms with Crippen molar-refractivity contribution in [2.75, 3.05) is 11.5 Å². The number of benzene rings is 1. The minimum Gasteiger partial charge on any atom is -0.476 e. The van der Waals surface area contributed by atoms with E-state index < -0.39 is 4.92 Å². The van der Waals surface area contributed by atoms with Gasteiger partial charge >= 0.3 is 5.82 Å². The molecule has 1 atom stereocenters. The van der Waals surface area contributed by atoms with Gasteiger partial charge in [-0.1, -0.05) is 18.2 Å². The number of anilines is 1. The summed E-state index contributed by atoms with van der Waals surface area (Å²) in [4.78, 5) is 28.5. The van der Waals surface area contributed by atoms with Gasteiger partial charge in [0, 0.05) is 18.7 Å². The molecule has 0 spiro atoms. The van der Waals surface area contributed by atoms with E-state index in [1.54, 1.807) is 17.9 Å². The van der Waals surface area contributed by atoms with E-state index in [0.717, 1.165) is 17.7 Å². The third kappa shape index (κ3) is 2.92. The molecular formula is C17H17N3O4. The number of nitrogens with zero attached hydrogens (tertiary/aromatic N) is 3. The van der Waals surface area contributed by atoms with Crippen LogP contribution in [0.4, 0.5) is 11.5 Å². The van der Waals surface area contributed by atoms with Crippen molar-refractivity contribution in [2.24, 2.45) is 0 Å². The van der Waals surface area contributed by atoms with E-state index in [4.69, 9.17) is 4.74 Å². The largest absolute Gasteiger partial charge is 0.476 e. The van der Waals surface area contributed by atoms with E-state index in [1.807, 2.05) is 31.2 Å². The van der Waals surface area contributed by atoms with E-state index in [0.29, 0.717) is 5.69 Å². The SMILES string of the molecule is Cc1ccc(OCC(=O)N2c3ccccc3C[C@@H]2C)c([N+](=O)[O-])n1. The number of hydrogen-bond donors (Lipinski definition) is 0. The summed E-state index contributed by atoms with van der Waals surface area (Å²) in [5, 5.41) is 11.1. The van der Waals surface area contributed by atoms with E-state index >= 15 is 0 Å². The predicted octanol–water partition coefficient (Wildman–Crippen LogP) is 2.65. The summed E-state index contributed by atoms with van der Waals surface area (Å²) in [6.07, 6.45) is 0.786. The molecular weight excluding hydrogens is 310 g/mol. The van der Waals surface area contributed by atoms with Crippen LogP contribution >= 0.6 is 0 Å². The summed E-state index contributed by atoms with van der Waals surface area (Å²) in [7, 11) is 0. The number of pyridine rings is 1. The molecule has 1 aliphatic rings. The number of hydrogen-bond acceptors (Lipinski definition) is 5. The molecule has 7 heteroatoms. The fraction of sp³-hybridized carbons (Fsp3) is 0.294. The lowest BCUT2D eigenvalue weighted by atomic mass is 10.1. The van der Waals surface area contributed by atoms with Crippen LogP contribution in [-0.4, -0.2) is 28.5 Å². The number of amides is 1. The molecule has 2 heterocycles. The Labute approximate surface area is 139 Å². The van der Waals surface area contributed by atoms with Crippen LogP contribution in [0.15, 0.2) is 36.4 Å². The fourth-order valence-corrected chi connectivity index (χ4v) is 2.93. The highest BCUT2D eigenvalue weighted by atomic mass is 16.6. The highest BCUT2D eigenvalue weighted by molar-refractivity contribution is 5.97. The van der Waals surface area contributed by atoms with Crippen molar-refractivity contribution in [3.63, 3.8) is 0 Å². The second kappa shape index (κ2) is 6.27. The van der Waals surface area contributed by atoms with Crippen molar-refractivity contribution >= 4 is 17.4 Å². The van der Waals surface area contributed by atoms with Crippen molar-refractivity contribution in [3.05, 3.63) is 57.8 Å². The molecule has 0 bridgehead atoms. The van der Waals surface area contributed by atoms with Gasteiger partial charge in [0.25, 0.3) is 5.91 Å². The molecule has 1 aliphatic heterocycles. The van der Waals surface area contributed by atoms with Crippen molar-refractivity contribution < 1.29 is 14.5 Å². The topological polar surface area (TPSA) is 85.6 Å². The Morgan fingerprint density at radius 1 is 1.38 bits per heavy atom. The molecule has 0 radical (unpaired) electrons. The molecule has 7 nitrogen and oxygen atoms in total. The van der Waals surface area contributed by atoms with Gasteiger partial charge in [0.15, 0.2) is 6.61 Å². The maximum absolute atomic E-state index is 12.6. The van der Waals surface area contributed by atoms with Crippen LogP contribution in [-0.2, 0) is 11.2 Å². The van der Waals surface area contributed by atoms with Crippen LogP contribution in [0.5, 0.6) is 5.75 Å². The molecule has 0 unspecified atom stereocenters. The van der Waals surface area contributed by atoms with Gasteiger partial charge in [-0.3, -0.25) is 4.79 Å². The summed E-state index contributed by atoms with van der Waals surface area (Å²) >= 11 is 0. The molecule has 0 fully saturated rings. The molecule has 0 saturated carbocycles. The first-order valence-electron chi connectivity index (χ1n) is 7.62. The number of fused-ring (bicyclic) bond motifs is 1. The molecule has 1 aromatic carbocycles. The molecule has 2 aromatic rings. The Morgan fingerprint density at radius 3 is 2.88 bits per heavy atom. The Balaban J connectivity index is 1.76. The normalized spacial score (nSPS) is 15.9. The highest BCUT2D eigenvalue weighted by Crippen LogP contribution is 2.32. The fourth-order valence-electron chi connectivity index (χ4n) is 2.93. The zero-order chi connectivity index (χ0) is 17.3. The number of aromatic nitrogens is 1. The maximum Gasteiger partial charge on any atom is 0.406 e. The van der Waals surface area contributed by atoms with Gasteiger partial charge in [-0.25, -0.2) is 0 Å². The lowest BCUT2D eigenvalue weighted by Gasteiger charge is -2.22. The molecule has 124 valence electrons. The zero-order valence-corrected chi connectivity index (χ0v) is 13.4. The van der Waals surface area contributed by atoms with Gasteiger partial charge in [-0.15, -0.1) is 0 Å². The molecule has 0 N–H and O–H groups in total. The molecule has 24 heavy (non-hydrogen) atoms. The van der Waals surface area contributed by atoms with Gasteiger partial charge in [-0.2, -0.15) is 0 Å². The third-order valence-electron chi connectivity index (χ3n) is 3.98. The zero-order valence-electron chi connectivity index (χ0n) is 13.4. The Morgan fingerprint density at radius 2 is 2.12 bits per heavy atom. The van der Waals surface area contributed by atoms with Crippen LogP contribution in [0.2, 0.25) is 0 Å². The Bertz CT molecular complexity index is 806. The lowest BCUT2D eigenvalue weighted by molar-refractivity contribution is -0.390. The first-order chi connectivity index (χ1) is 11.5. The van der Waals surface area contributed by atoms with E-state index in [-0.39, 0.29) is 30.1 Å². The van der Waals surface area contributed by atoms with Crippen molar-refractivity contribution in [1.82, 2.24) is 4.98 Å². The minimum absolute atomic E-state index is 0.000847. The van der Waals surface area contributed by atoms with Crippen LogP contribution in [0, 0.1) is 17.0 Å². The smallest absolute Gasteiger partial charge is 0.406 e. The number of aryl methyl sites for hydroxylation is 1. The van der Waals surface area contributed by atoms with Crippen LogP contribution in [0.3, 0.4) is 0 Å². The van der Waals surface area contributed by atoms with Crippen molar-refractivity contribution in [1.29, 1.82) is 0 Å². The van der Waals surface area contributed by atoms with Crippen LogP contribution in [0.25, 0.3) is 0 Å². The second-order valence-corrected chi connectivity index (χ2v) is 5.77. The molecule has 0 saturated heterocycles. The van der Waals surface area contributed by atoms with E-state index in [1.165, 1.54) is 6.07 Å². The molecule has 3 rings (SSSR count). The highest BCUT2D eigenvalue weighted by Gasteiger charge is 2.31. The van der Waals surface area contributed by atoms with E-state index in [2.05, 4.69) is 4.98 Å². The van der Waals surface area contributed by atoms with Crippen molar-refractivity contribution in [3.8, 4) is 5.75 Å². The van der Waals surface area contributed by atoms with Crippen LogP contribution < -0.4 is 9.64 Å². The summed E-state index contributed by atoms with van der Waals surface area (Å²) in [5.74, 6) is -0.612. The minimum atomic E-state index is -0.611. The van der Waals surface area contributed by atoms with E-state index in [9.17, 15) is 14.9 Å². The van der Waals surface area contributed by atoms with Gasteiger partial charge in [-0.05, 0) is 47.0 Å². The van der Waals surface area contributed by atoms with Gasteiger partial charge in [0.2, 0.25) is 5.75 Å². The third-order valence-corrected chi connectivity index (χ3v) is 3.98. The average Bonchev–Trinajstić information content (AvgIpc) is 2.89. The number of ether oxygens (including phenoxy) is 1. The van der Waals surface area contributed by atoms with Gasteiger partial charge in [0.05, 0.1) is 0 Å².